The molecule has 1 spiro atoms. The normalized spacial score (nSPS) is 22.8. The zero-order valence-electron chi connectivity index (χ0n) is 14.6. The lowest BCUT2D eigenvalue weighted by Crippen LogP contribution is -2.56. The highest BCUT2D eigenvalue weighted by Crippen LogP contribution is 2.42. The number of carbonyl (C=O) groups excluding carboxylic acids is 1. The lowest BCUT2D eigenvalue weighted by atomic mass is 9.77. The zero-order chi connectivity index (χ0) is 17.3. The second-order valence-electron chi connectivity index (χ2n) is 7.56. The van der Waals surface area contributed by atoms with Crippen LogP contribution in [-0.4, -0.2) is 48.4 Å². The Kier molecular flexibility index (Phi) is 4.36. The van der Waals surface area contributed by atoms with Gasteiger partial charge in [-0.15, -0.1) is 0 Å². The quantitative estimate of drug-likeness (QED) is 0.906. The van der Waals surface area contributed by atoms with Crippen molar-refractivity contribution in [3.8, 4) is 0 Å². The Morgan fingerprint density at radius 2 is 2.00 bits per heavy atom. The van der Waals surface area contributed by atoms with Crippen molar-refractivity contribution in [3.05, 3.63) is 60.1 Å². The van der Waals surface area contributed by atoms with E-state index in [0.29, 0.717) is 6.54 Å². The van der Waals surface area contributed by atoms with E-state index in [1.165, 1.54) is 5.56 Å². The Morgan fingerprint density at radius 1 is 1.20 bits per heavy atom. The number of hydrogen-bond acceptors (Lipinski definition) is 4. The van der Waals surface area contributed by atoms with Gasteiger partial charge in [0.15, 0.2) is 0 Å². The van der Waals surface area contributed by atoms with Crippen LogP contribution in [0.4, 0.5) is 0 Å². The van der Waals surface area contributed by atoms with Crippen molar-refractivity contribution in [3.63, 3.8) is 0 Å². The molecule has 2 saturated heterocycles. The van der Waals surface area contributed by atoms with E-state index in [1.807, 2.05) is 12.1 Å². The van der Waals surface area contributed by atoms with Crippen LogP contribution in [0.5, 0.6) is 0 Å². The molecule has 2 aromatic rings. The molecule has 5 nitrogen and oxygen atoms in total. The van der Waals surface area contributed by atoms with Gasteiger partial charge in [-0.2, -0.15) is 0 Å². The van der Waals surface area contributed by atoms with E-state index in [4.69, 9.17) is 4.42 Å². The van der Waals surface area contributed by atoms with Crippen molar-refractivity contribution in [1.82, 2.24) is 15.1 Å². The number of nitrogens with zero attached hydrogens (tertiary/aromatic N) is 2. The lowest BCUT2D eigenvalue weighted by Gasteiger charge is -2.48. The van der Waals surface area contributed by atoms with Crippen LogP contribution in [0.15, 0.2) is 53.1 Å². The van der Waals surface area contributed by atoms with Gasteiger partial charge in [-0.3, -0.25) is 14.6 Å². The Morgan fingerprint density at radius 3 is 2.72 bits per heavy atom. The first kappa shape index (κ1) is 16.4. The molecule has 132 valence electrons. The first-order chi connectivity index (χ1) is 12.1. The molecule has 4 rings (SSSR count). The maximum Gasteiger partial charge on any atom is 0.237 e. The molecule has 1 N–H and O–H groups in total. The maximum atomic E-state index is 12.5. The summed E-state index contributed by atoms with van der Waals surface area (Å²) < 4.78 is 5.28. The van der Waals surface area contributed by atoms with E-state index >= 15 is 0 Å². The van der Waals surface area contributed by atoms with Crippen LogP contribution in [0.25, 0.3) is 0 Å². The highest BCUT2D eigenvalue weighted by molar-refractivity contribution is 5.82. The van der Waals surface area contributed by atoms with Crippen LogP contribution in [0.2, 0.25) is 0 Å². The van der Waals surface area contributed by atoms with Crippen LogP contribution >= 0.6 is 0 Å². The van der Waals surface area contributed by atoms with Crippen molar-refractivity contribution >= 4 is 5.91 Å². The van der Waals surface area contributed by atoms with Crippen LogP contribution in [-0.2, 0) is 17.9 Å². The van der Waals surface area contributed by atoms with Gasteiger partial charge < -0.3 is 9.73 Å². The summed E-state index contributed by atoms with van der Waals surface area (Å²) in [4.78, 5) is 17.2. The van der Waals surface area contributed by atoms with E-state index in [-0.39, 0.29) is 17.4 Å². The van der Waals surface area contributed by atoms with Crippen LogP contribution in [0.3, 0.4) is 0 Å². The number of rotatable bonds is 5. The Hall–Kier alpha value is -2.11. The molecule has 1 atom stereocenters. The summed E-state index contributed by atoms with van der Waals surface area (Å²) in [6, 6.07) is 14.3. The summed E-state index contributed by atoms with van der Waals surface area (Å²) in [6.07, 6.45) is 2.58. The number of nitrogens with one attached hydrogen (secondary N) is 1. The Bertz CT molecular complexity index is 708. The standard InChI is InChI=1S/C20H25N3O2/c1-22-13-20(14-23(15-20)12-16-6-3-2-4-7-16)10-18(22)19(24)21-11-17-8-5-9-25-17/h2-9,18H,10-15H2,1H3,(H,21,24). The van der Waals surface area contributed by atoms with E-state index in [1.54, 1.807) is 6.26 Å². The van der Waals surface area contributed by atoms with Crippen molar-refractivity contribution in [2.24, 2.45) is 5.41 Å². The molecule has 2 aliphatic heterocycles. The van der Waals surface area contributed by atoms with Crippen molar-refractivity contribution in [2.45, 2.75) is 25.6 Å². The largest absolute Gasteiger partial charge is 0.467 e. The molecule has 1 unspecified atom stereocenters. The molecule has 2 aliphatic rings. The van der Waals surface area contributed by atoms with Crippen LogP contribution in [0.1, 0.15) is 17.7 Å². The van der Waals surface area contributed by atoms with Crippen molar-refractivity contribution < 1.29 is 9.21 Å². The highest BCUT2D eigenvalue weighted by atomic mass is 16.3. The number of hydrogen-bond donors (Lipinski definition) is 1. The molecule has 1 aromatic heterocycles. The third-order valence-corrected chi connectivity index (χ3v) is 5.43. The SMILES string of the molecule is CN1CC2(CC1C(=O)NCc1ccco1)CN(Cc1ccccc1)C2. The minimum Gasteiger partial charge on any atom is -0.467 e. The summed E-state index contributed by atoms with van der Waals surface area (Å²) in [5.41, 5.74) is 1.63. The molecule has 0 bridgehead atoms. The molecular weight excluding hydrogens is 314 g/mol. The molecular formula is C20H25N3O2. The molecule has 3 heterocycles. The van der Waals surface area contributed by atoms with Gasteiger partial charge in [0, 0.05) is 31.6 Å². The number of furan rings is 1. The summed E-state index contributed by atoms with van der Waals surface area (Å²) in [6.45, 7) is 4.62. The Labute approximate surface area is 148 Å². The first-order valence-corrected chi connectivity index (χ1v) is 8.90. The van der Waals surface area contributed by atoms with Crippen LogP contribution < -0.4 is 5.32 Å². The summed E-state index contributed by atoms with van der Waals surface area (Å²) in [7, 11) is 2.06. The van der Waals surface area contributed by atoms with Gasteiger partial charge in [-0.1, -0.05) is 30.3 Å². The second-order valence-corrected chi connectivity index (χ2v) is 7.56. The van der Waals surface area contributed by atoms with Gasteiger partial charge in [0.2, 0.25) is 5.91 Å². The minimum absolute atomic E-state index is 0.0335. The molecule has 0 saturated carbocycles. The smallest absolute Gasteiger partial charge is 0.237 e. The van der Waals surface area contributed by atoms with Gasteiger partial charge in [0.1, 0.15) is 5.76 Å². The summed E-state index contributed by atoms with van der Waals surface area (Å²) >= 11 is 0. The predicted octanol–water partition coefficient (Wildman–Crippen LogP) is 2.10. The van der Waals surface area contributed by atoms with Gasteiger partial charge >= 0.3 is 0 Å². The fourth-order valence-corrected chi connectivity index (χ4v) is 4.35. The number of carbonyl (C=O) groups is 1. The van der Waals surface area contributed by atoms with Gasteiger partial charge in [0.05, 0.1) is 18.8 Å². The van der Waals surface area contributed by atoms with Gasteiger partial charge in [-0.05, 0) is 31.2 Å². The average Bonchev–Trinajstić information content (AvgIpc) is 3.21. The number of benzene rings is 1. The molecule has 2 fully saturated rings. The summed E-state index contributed by atoms with van der Waals surface area (Å²) in [5, 5.41) is 3.01. The number of likely N-dealkylation sites (N-methyl/N-ethyl adjacent to an activating group) is 1. The molecule has 5 heteroatoms. The minimum atomic E-state index is -0.0335. The fourth-order valence-electron chi connectivity index (χ4n) is 4.35. The monoisotopic (exact) mass is 339 g/mol. The number of likely N-dealkylation sites (tertiary alicyclic amines) is 2. The van der Waals surface area contributed by atoms with Crippen molar-refractivity contribution in [1.29, 1.82) is 0 Å². The van der Waals surface area contributed by atoms with Gasteiger partial charge in [0.25, 0.3) is 0 Å². The third kappa shape index (κ3) is 3.48. The highest BCUT2D eigenvalue weighted by Gasteiger charge is 2.51. The number of amides is 1. The van der Waals surface area contributed by atoms with E-state index in [2.05, 4.69) is 52.5 Å². The molecule has 0 aliphatic carbocycles. The summed E-state index contributed by atoms with van der Waals surface area (Å²) in [5.74, 6) is 0.902. The fraction of sp³-hybridized carbons (Fsp3) is 0.450. The average molecular weight is 339 g/mol. The van der Waals surface area contributed by atoms with Crippen LogP contribution in [0, 0.1) is 5.41 Å². The topological polar surface area (TPSA) is 48.7 Å². The second kappa shape index (κ2) is 6.65. The molecule has 0 radical (unpaired) electrons. The van der Waals surface area contributed by atoms with E-state index < -0.39 is 0 Å². The van der Waals surface area contributed by atoms with E-state index in [0.717, 1.165) is 38.4 Å². The molecule has 1 aromatic carbocycles. The Balaban J connectivity index is 1.29. The first-order valence-electron chi connectivity index (χ1n) is 8.90. The van der Waals surface area contributed by atoms with E-state index in [9.17, 15) is 4.79 Å². The lowest BCUT2D eigenvalue weighted by molar-refractivity contribution is -0.125. The molecule has 1 amide bonds. The van der Waals surface area contributed by atoms with Gasteiger partial charge in [-0.25, -0.2) is 0 Å². The molecule has 25 heavy (non-hydrogen) atoms. The maximum absolute atomic E-state index is 12.5. The van der Waals surface area contributed by atoms with Crippen molar-refractivity contribution in [2.75, 3.05) is 26.7 Å². The predicted molar refractivity (Wildman–Crippen MR) is 95.7 cm³/mol. The third-order valence-electron chi connectivity index (χ3n) is 5.43. The zero-order valence-corrected chi connectivity index (χ0v) is 14.6.